The van der Waals surface area contributed by atoms with Crippen LogP contribution in [0.1, 0.15) is 45.7 Å². The van der Waals surface area contributed by atoms with Gasteiger partial charge in [-0.3, -0.25) is 4.79 Å². The Labute approximate surface area is 116 Å². The van der Waals surface area contributed by atoms with E-state index in [2.05, 4.69) is 26.1 Å². The van der Waals surface area contributed by atoms with E-state index in [0.717, 1.165) is 12.0 Å². The van der Waals surface area contributed by atoms with Gasteiger partial charge in [-0.15, -0.1) is 0 Å². The van der Waals surface area contributed by atoms with E-state index >= 15 is 0 Å². The Morgan fingerprint density at radius 1 is 1.26 bits per heavy atom. The Morgan fingerprint density at radius 2 is 1.84 bits per heavy atom. The van der Waals surface area contributed by atoms with E-state index in [0.29, 0.717) is 0 Å². The largest absolute Gasteiger partial charge is 0.372 e. The van der Waals surface area contributed by atoms with Crippen LogP contribution in [0.5, 0.6) is 0 Å². The average Bonchev–Trinajstić information content (AvgIpc) is 2.36. The van der Waals surface area contributed by atoms with Crippen LogP contribution in [0.2, 0.25) is 0 Å². The first-order chi connectivity index (χ1) is 8.83. The Hall–Kier alpha value is -1.35. The summed E-state index contributed by atoms with van der Waals surface area (Å²) in [5.74, 6) is -0.0689. The minimum Gasteiger partial charge on any atom is -0.372 e. The summed E-state index contributed by atoms with van der Waals surface area (Å²) in [5, 5.41) is 3.08. The van der Waals surface area contributed by atoms with Crippen molar-refractivity contribution < 1.29 is 9.53 Å². The Kier molecular flexibility index (Phi) is 5.55. The normalized spacial score (nSPS) is 14.8. The molecule has 1 aromatic rings. The van der Waals surface area contributed by atoms with E-state index in [4.69, 9.17) is 4.74 Å². The third-order valence-electron chi connectivity index (χ3n) is 3.06. The molecule has 1 rings (SSSR count). The number of amides is 1. The van der Waals surface area contributed by atoms with Crippen molar-refractivity contribution >= 4 is 5.91 Å². The van der Waals surface area contributed by atoms with Crippen molar-refractivity contribution in [1.82, 2.24) is 5.32 Å². The molecule has 0 aliphatic carbocycles. The fourth-order valence-corrected chi connectivity index (χ4v) is 1.95. The van der Waals surface area contributed by atoms with Crippen molar-refractivity contribution in [2.24, 2.45) is 5.41 Å². The molecule has 19 heavy (non-hydrogen) atoms. The smallest absolute Gasteiger partial charge is 0.249 e. The van der Waals surface area contributed by atoms with Gasteiger partial charge in [0.2, 0.25) is 5.91 Å². The molecular weight excluding hydrogens is 238 g/mol. The van der Waals surface area contributed by atoms with Gasteiger partial charge in [-0.05, 0) is 24.3 Å². The highest BCUT2D eigenvalue weighted by molar-refractivity contribution is 5.80. The second kappa shape index (κ2) is 6.71. The van der Waals surface area contributed by atoms with Crippen molar-refractivity contribution in [2.75, 3.05) is 7.11 Å². The van der Waals surface area contributed by atoms with Gasteiger partial charge in [-0.25, -0.2) is 0 Å². The summed E-state index contributed by atoms with van der Waals surface area (Å²) in [6, 6.07) is 10.1. The van der Waals surface area contributed by atoms with Crippen molar-refractivity contribution in [3.63, 3.8) is 0 Å². The van der Waals surface area contributed by atoms with E-state index < -0.39 is 6.10 Å². The number of benzene rings is 1. The lowest BCUT2D eigenvalue weighted by atomic mass is 9.85. The highest BCUT2D eigenvalue weighted by Crippen LogP contribution is 2.29. The molecule has 0 bridgehead atoms. The molecule has 0 radical (unpaired) electrons. The standard InChI is InChI=1S/C16H25NO2/c1-12(19-5)15(18)17-14(11-16(2,3)4)13-9-7-6-8-10-13/h6-10,12,14H,11H2,1-5H3,(H,17,18). The maximum atomic E-state index is 12.0. The molecule has 2 atom stereocenters. The summed E-state index contributed by atoms with van der Waals surface area (Å²) in [7, 11) is 1.55. The number of carbonyl (C=O) groups excluding carboxylic acids is 1. The lowest BCUT2D eigenvalue weighted by Crippen LogP contribution is -2.38. The number of hydrogen-bond acceptors (Lipinski definition) is 2. The zero-order chi connectivity index (χ0) is 14.5. The number of ether oxygens (including phenoxy) is 1. The van der Waals surface area contributed by atoms with E-state index in [1.807, 2.05) is 30.3 Å². The van der Waals surface area contributed by atoms with Crippen LogP contribution in [-0.4, -0.2) is 19.1 Å². The molecule has 3 heteroatoms. The molecule has 2 unspecified atom stereocenters. The predicted octanol–water partition coefficient (Wildman–Crippen LogP) is 3.32. The average molecular weight is 263 g/mol. The van der Waals surface area contributed by atoms with Gasteiger partial charge in [0.1, 0.15) is 6.10 Å². The highest BCUT2D eigenvalue weighted by Gasteiger charge is 2.23. The first kappa shape index (κ1) is 15.7. The monoisotopic (exact) mass is 263 g/mol. The van der Waals surface area contributed by atoms with Crippen molar-refractivity contribution in [3.05, 3.63) is 35.9 Å². The van der Waals surface area contributed by atoms with Crippen LogP contribution < -0.4 is 5.32 Å². The maximum Gasteiger partial charge on any atom is 0.249 e. The second-order valence-electron chi connectivity index (χ2n) is 6.11. The van der Waals surface area contributed by atoms with Crippen LogP contribution in [-0.2, 0) is 9.53 Å². The van der Waals surface area contributed by atoms with Crippen molar-refractivity contribution in [3.8, 4) is 0 Å². The fourth-order valence-electron chi connectivity index (χ4n) is 1.95. The first-order valence-corrected chi connectivity index (χ1v) is 6.71. The molecule has 0 aliphatic heterocycles. The number of nitrogens with one attached hydrogen (secondary N) is 1. The van der Waals surface area contributed by atoms with Crippen LogP contribution >= 0.6 is 0 Å². The summed E-state index contributed by atoms with van der Waals surface area (Å²) < 4.78 is 5.07. The predicted molar refractivity (Wildman–Crippen MR) is 77.9 cm³/mol. The highest BCUT2D eigenvalue weighted by atomic mass is 16.5. The van der Waals surface area contributed by atoms with Gasteiger partial charge >= 0.3 is 0 Å². The number of methoxy groups -OCH3 is 1. The Balaban J connectivity index is 2.85. The minimum absolute atomic E-state index is 0.0197. The van der Waals surface area contributed by atoms with Gasteiger partial charge in [0.05, 0.1) is 6.04 Å². The van der Waals surface area contributed by atoms with E-state index in [9.17, 15) is 4.79 Å². The number of carbonyl (C=O) groups is 1. The third-order valence-corrected chi connectivity index (χ3v) is 3.06. The summed E-state index contributed by atoms with van der Waals surface area (Å²) in [6.45, 7) is 8.28. The lowest BCUT2D eigenvalue weighted by molar-refractivity contribution is -0.131. The van der Waals surface area contributed by atoms with Gasteiger partial charge in [0, 0.05) is 7.11 Å². The Morgan fingerprint density at radius 3 is 2.32 bits per heavy atom. The zero-order valence-electron chi connectivity index (χ0n) is 12.6. The van der Waals surface area contributed by atoms with Crippen LogP contribution in [0.4, 0.5) is 0 Å². The summed E-state index contributed by atoms with van der Waals surface area (Å²) >= 11 is 0. The molecule has 1 N–H and O–H groups in total. The second-order valence-corrected chi connectivity index (χ2v) is 6.11. The van der Waals surface area contributed by atoms with Crippen LogP contribution in [0.15, 0.2) is 30.3 Å². The summed E-state index contributed by atoms with van der Waals surface area (Å²) in [6.07, 6.45) is 0.463. The molecule has 0 aromatic heterocycles. The van der Waals surface area contributed by atoms with Gasteiger partial charge in [0.25, 0.3) is 0 Å². The molecular formula is C16H25NO2. The van der Waals surface area contributed by atoms with E-state index in [1.165, 1.54) is 0 Å². The number of rotatable bonds is 5. The van der Waals surface area contributed by atoms with Gasteiger partial charge < -0.3 is 10.1 Å². The quantitative estimate of drug-likeness (QED) is 0.885. The Bertz CT molecular complexity index is 395. The molecule has 106 valence electrons. The molecule has 1 aromatic carbocycles. The van der Waals surface area contributed by atoms with E-state index in [1.54, 1.807) is 14.0 Å². The van der Waals surface area contributed by atoms with Gasteiger partial charge in [-0.2, -0.15) is 0 Å². The summed E-state index contributed by atoms with van der Waals surface area (Å²) in [5.41, 5.74) is 1.28. The SMILES string of the molecule is COC(C)C(=O)NC(CC(C)(C)C)c1ccccc1. The van der Waals surface area contributed by atoms with Crippen LogP contribution in [0, 0.1) is 5.41 Å². The van der Waals surface area contributed by atoms with Crippen LogP contribution in [0.3, 0.4) is 0 Å². The third kappa shape index (κ3) is 5.43. The topological polar surface area (TPSA) is 38.3 Å². The molecule has 0 fully saturated rings. The molecule has 3 nitrogen and oxygen atoms in total. The van der Waals surface area contributed by atoms with Crippen molar-refractivity contribution in [2.45, 2.75) is 46.3 Å². The molecule has 0 heterocycles. The molecule has 0 aliphatic rings. The molecule has 0 saturated carbocycles. The van der Waals surface area contributed by atoms with Gasteiger partial charge in [0.15, 0.2) is 0 Å². The summed E-state index contributed by atoms with van der Waals surface area (Å²) in [4.78, 5) is 12.0. The number of hydrogen-bond donors (Lipinski definition) is 1. The van der Waals surface area contributed by atoms with Crippen LogP contribution in [0.25, 0.3) is 0 Å². The van der Waals surface area contributed by atoms with Crippen molar-refractivity contribution in [1.29, 1.82) is 0 Å². The molecule has 0 saturated heterocycles. The van der Waals surface area contributed by atoms with Gasteiger partial charge in [-0.1, -0.05) is 51.1 Å². The molecule has 0 spiro atoms. The maximum absolute atomic E-state index is 12.0. The zero-order valence-corrected chi connectivity index (χ0v) is 12.6. The minimum atomic E-state index is -0.425. The molecule has 1 amide bonds. The lowest BCUT2D eigenvalue weighted by Gasteiger charge is -2.28. The first-order valence-electron chi connectivity index (χ1n) is 6.71. The van der Waals surface area contributed by atoms with E-state index in [-0.39, 0.29) is 17.4 Å². The fraction of sp³-hybridized carbons (Fsp3) is 0.562.